The van der Waals surface area contributed by atoms with Gasteiger partial charge in [0.15, 0.2) is 0 Å². The second kappa shape index (κ2) is 6.79. The van der Waals surface area contributed by atoms with Gasteiger partial charge in [0, 0.05) is 5.75 Å². The number of esters is 1. The molecule has 1 amide bonds. The summed E-state index contributed by atoms with van der Waals surface area (Å²) < 4.78 is 4.78. The van der Waals surface area contributed by atoms with Crippen molar-refractivity contribution >= 4 is 23.6 Å². The van der Waals surface area contributed by atoms with Gasteiger partial charge in [-0.25, -0.2) is 4.79 Å². The third kappa shape index (κ3) is 3.15. The summed E-state index contributed by atoms with van der Waals surface area (Å²) in [5, 5.41) is 0.0757. The molecule has 2 unspecified atom stereocenters. The summed E-state index contributed by atoms with van der Waals surface area (Å²) in [5.41, 5.74) is 1.22. The number of β-lactam (4-membered cyclic amide) rings is 1. The Hall–Kier alpha value is -1.49. The van der Waals surface area contributed by atoms with Crippen LogP contribution in [0, 0.1) is 0 Å². The van der Waals surface area contributed by atoms with Gasteiger partial charge in [0.2, 0.25) is 5.91 Å². The van der Waals surface area contributed by atoms with E-state index in [0.29, 0.717) is 12.8 Å². The van der Waals surface area contributed by atoms with Gasteiger partial charge in [0.25, 0.3) is 0 Å². The molecule has 1 aliphatic heterocycles. The zero-order valence-electron chi connectivity index (χ0n) is 11.7. The van der Waals surface area contributed by atoms with E-state index < -0.39 is 6.04 Å². The lowest BCUT2D eigenvalue weighted by atomic mass is 10.1. The van der Waals surface area contributed by atoms with Crippen LogP contribution in [0.3, 0.4) is 0 Å². The second-order valence-electron chi connectivity index (χ2n) is 4.70. The van der Waals surface area contributed by atoms with E-state index in [1.807, 2.05) is 25.1 Å². The highest BCUT2D eigenvalue weighted by Crippen LogP contribution is 2.34. The van der Waals surface area contributed by atoms with Crippen LogP contribution in [-0.4, -0.2) is 35.3 Å². The molecule has 1 heterocycles. The standard InChI is InChI=1S/C15H19NO3S/c1-3-12(15(18)19-2)16-13(17)9-14(16)20-10-11-7-5-4-6-8-11/h4-8,12,14H,3,9-10H2,1-2H3. The molecule has 2 rings (SSSR count). The molecule has 1 aromatic carbocycles. The Morgan fingerprint density at radius 3 is 2.70 bits per heavy atom. The van der Waals surface area contributed by atoms with Gasteiger partial charge in [-0.15, -0.1) is 11.8 Å². The maximum Gasteiger partial charge on any atom is 0.328 e. The molecule has 2 atom stereocenters. The van der Waals surface area contributed by atoms with E-state index in [1.54, 1.807) is 16.7 Å². The molecule has 0 aromatic heterocycles. The number of methoxy groups -OCH3 is 1. The van der Waals surface area contributed by atoms with Gasteiger partial charge in [0.05, 0.1) is 18.9 Å². The number of benzene rings is 1. The third-order valence-electron chi connectivity index (χ3n) is 3.43. The Kier molecular flexibility index (Phi) is 5.06. The molecular formula is C15H19NO3S. The van der Waals surface area contributed by atoms with E-state index >= 15 is 0 Å². The van der Waals surface area contributed by atoms with Crippen molar-refractivity contribution in [3.63, 3.8) is 0 Å². The summed E-state index contributed by atoms with van der Waals surface area (Å²) in [4.78, 5) is 25.2. The van der Waals surface area contributed by atoms with E-state index in [0.717, 1.165) is 5.75 Å². The largest absolute Gasteiger partial charge is 0.467 e. The highest BCUT2D eigenvalue weighted by molar-refractivity contribution is 7.99. The third-order valence-corrected chi connectivity index (χ3v) is 4.71. The number of carbonyl (C=O) groups is 2. The highest BCUT2D eigenvalue weighted by atomic mass is 32.2. The zero-order valence-corrected chi connectivity index (χ0v) is 12.6. The molecule has 0 N–H and O–H groups in total. The summed E-state index contributed by atoms with van der Waals surface area (Å²) in [5.74, 6) is 0.547. The van der Waals surface area contributed by atoms with Crippen LogP contribution in [0.1, 0.15) is 25.3 Å². The van der Waals surface area contributed by atoms with Crippen LogP contribution >= 0.6 is 11.8 Å². The molecule has 0 radical (unpaired) electrons. The second-order valence-corrected chi connectivity index (χ2v) is 5.87. The molecule has 5 heteroatoms. The van der Waals surface area contributed by atoms with Gasteiger partial charge < -0.3 is 9.64 Å². The van der Waals surface area contributed by atoms with Crippen molar-refractivity contribution in [2.45, 2.75) is 36.9 Å². The minimum atomic E-state index is -0.450. The van der Waals surface area contributed by atoms with Crippen LogP contribution < -0.4 is 0 Å². The number of hydrogen-bond acceptors (Lipinski definition) is 4. The summed E-state index contributed by atoms with van der Waals surface area (Å²) in [7, 11) is 1.36. The Labute approximate surface area is 123 Å². The Morgan fingerprint density at radius 2 is 2.15 bits per heavy atom. The fraction of sp³-hybridized carbons (Fsp3) is 0.467. The van der Waals surface area contributed by atoms with Gasteiger partial charge in [-0.2, -0.15) is 0 Å². The van der Waals surface area contributed by atoms with E-state index in [1.165, 1.54) is 12.7 Å². The zero-order chi connectivity index (χ0) is 14.5. The van der Waals surface area contributed by atoms with Crippen LogP contribution in [0.5, 0.6) is 0 Å². The van der Waals surface area contributed by atoms with Crippen molar-refractivity contribution in [3.8, 4) is 0 Å². The SMILES string of the molecule is CCC(C(=O)OC)N1C(=O)CC1SCc1ccccc1. The lowest BCUT2D eigenvalue weighted by molar-refractivity contribution is -0.160. The molecule has 20 heavy (non-hydrogen) atoms. The number of thioether (sulfide) groups is 1. The van der Waals surface area contributed by atoms with E-state index in [4.69, 9.17) is 4.74 Å². The van der Waals surface area contributed by atoms with Gasteiger partial charge >= 0.3 is 5.97 Å². The number of likely N-dealkylation sites (tertiary alicyclic amines) is 1. The Morgan fingerprint density at radius 1 is 1.45 bits per heavy atom. The lowest BCUT2D eigenvalue weighted by Gasteiger charge is -2.43. The highest BCUT2D eigenvalue weighted by Gasteiger charge is 2.43. The monoisotopic (exact) mass is 293 g/mol. The average Bonchev–Trinajstić information content (AvgIpc) is 2.48. The predicted octanol–water partition coefficient (Wildman–Crippen LogP) is 2.43. The summed E-state index contributed by atoms with van der Waals surface area (Å²) >= 11 is 1.70. The molecule has 108 valence electrons. The van der Waals surface area contributed by atoms with E-state index in [2.05, 4.69) is 12.1 Å². The normalized spacial score (nSPS) is 19.4. The Balaban J connectivity index is 1.95. The molecule has 1 saturated heterocycles. The van der Waals surface area contributed by atoms with Crippen LogP contribution in [0.15, 0.2) is 30.3 Å². The van der Waals surface area contributed by atoms with Crippen molar-refractivity contribution in [1.29, 1.82) is 0 Å². The quantitative estimate of drug-likeness (QED) is 0.597. The molecule has 0 aliphatic carbocycles. The number of nitrogens with zero attached hydrogens (tertiary/aromatic N) is 1. The molecule has 1 aliphatic rings. The maximum atomic E-state index is 11.8. The molecule has 0 saturated carbocycles. The first-order chi connectivity index (χ1) is 9.67. The van der Waals surface area contributed by atoms with Gasteiger partial charge in [-0.3, -0.25) is 4.79 Å². The van der Waals surface area contributed by atoms with E-state index in [9.17, 15) is 9.59 Å². The summed E-state index contributed by atoms with van der Waals surface area (Å²) in [6.07, 6.45) is 1.09. The average molecular weight is 293 g/mol. The van der Waals surface area contributed by atoms with E-state index in [-0.39, 0.29) is 17.3 Å². The molecule has 0 spiro atoms. The molecule has 0 bridgehead atoms. The van der Waals surface area contributed by atoms with Crippen LogP contribution in [0.25, 0.3) is 0 Å². The summed E-state index contributed by atoms with van der Waals surface area (Å²) in [6.45, 7) is 1.89. The molecule has 1 fully saturated rings. The first-order valence-electron chi connectivity index (χ1n) is 6.72. The van der Waals surface area contributed by atoms with Gasteiger partial charge in [-0.1, -0.05) is 37.3 Å². The van der Waals surface area contributed by atoms with Crippen molar-refractivity contribution in [2.75, 3.05) is 7.11 Å². The number of rotatable bonds is 6. The molecular weight excluding hydrogens is 274 g/mol. The minimum absolute atomic E-state index is 0.0350. The van der Waals surface area contributed by atoms with Crippen molar-refractivity contribution in [1.82, 2.24) is 4.90 Å². The topological polar surface area (TPSA) is 46.6 Å². The predicted molar refractivity (Wildman–Crippen MR) is 79.1 cm³/mol. The molecule has 4 nitrogen and oxygen atoms in total. The lowest BCUT2D eigenvalue weighted by Crippen LogP contribution is -2.58. The number of ether oxygens (including phenoxy) is 1. The number of carbonyl (C=O) groups excluding carboxylic acids is 2. The van der Waals surface area contributed by atoms with Crippen LogP contribution in [0.4, 0.5) is 0 Å². The van der Waals surface area contributed by atoms with Crippen molar-refractivity contribution < 1.29 is 14.3 Å². The maximum absolute atomic E-state index is 11.8. The van der Waals surface area contributed by atoms with Crippen molar-refractivity contribution in [2.24, 2.45) is 0 Å². The van der Waals surface area contributed by atoms with Gasteiger partial charge in [-0.05, 0) is 12.0 Å². The fourth-order valence-electron chi connectivity index (χ4n) is 2.29. The number of hydrogen-bond donors (Lipinski definition) is 0. The van der Waals surface area contributed by atoms with Crippen molar-refractivity contribution in [3.05, 3.63) is 35.9 Å². The summed E-state index contributed by atoms with van der Waals surface area (Å²) in [6, 6.07) is 9.67. The first-order valence-corrected chi connectivity index (χ1v) is 7.76. The van der Waals surface area contributed by atoms with Crippen LogP contribution in [0.2, 0.25) is 0 Å². The first kappa shape index (κ1) is 14.9. The Bertz CT molecular complexity index is 477. The molecule has 1 aromatic rings. The minimum Gasteiger partial charge on any atom is -0.467 e. The van der Waals surface area contributed by atoms with Crippen LogP contribution in [-0.2, 0) is 20.1 Å². The number of amides is 1. The van der Waals surface area contributed by atoms with Gasteiger partial charge in [0.1, 0.15) is 6.04 Å². The fourth-order valence-corrected chi connectivity index (χ4v) is 3.56. The smallest absolute Gasteiger partial charge is 0.328 e.